The number of ether oxygens (including phenoxy) is 2. The van der Waals surface area contributed by atoms with Crippen molar-refractivity contribution >= 4 is 22.2 Å². The van der Waals surface area contributed by atoms with Crippen molar-refractivity contribution in [3.8, 4) is 28.6 Å². The van der Waals surface area contributed by atoms with Crippen molar-refractivity contribution < 1.29 is 22.6 Å². The predicted molar refractivity (Wildman–Crippen MR) is 128 cm³/mol. The van der Waals surface area contributed by atoms with Crippen molar-refractivity contribution in [2.24, 2.45) is 7.05 Å². The summed E-state index contributed by atoms with van der Waals surface area (Å²) in [7, 11) is 3.40. The highest BCUT2D eigenvalue weighted by atomic mass is 19.4. The van der Waals surface area contributed by atoms with Gasteiger partial charge < -0.3 is 14.0 Å². The number of fused-ring (bicyclic) bond motifs is 2. The first-order valence-electron chi connectivity index (χ1n) is 10.9. The number of halogens is 3. The van der Waals surface area contributed by atoms with Crippen LogP contribution in [0.4, 0.5) is 13.2 Å². The SMILES string of the molecule is COc1ccc(-n2c(=O)c(-c3ccc4nc(C)n(C)c4c3)nc3ccc(OCC(F)(F)F)nc32)cc1. The van der Waals surface area contributed by atoms with Gasteiger partial charge in [-0.05, 0) is 49.4 Å². The van der Waals surface area contributed by atoms with Gasteiger partial charge in [-0.1, -0.05) is 6.07 Å². The third kappa shape index (κ3) is 4.23. The number of nitrogens with zero attached hydrogens (tertiary/aromatic N) is 5. The summed E-state index contributed by atoms with van der Waals surface area (Å²) in [5.74, 6) is 1.12. The molecule has 3 aromatic heterocycles. The molecule has 0 aliphatic carbocycles. The van der Waals surface area contributed by atoms with Gasteiger partial charge in [-0.15, -0.1) is 0 Å². The smallest absolute Gasteiger partial charge is 0.422 e. The van der Waals surface area contributed by atoms with Crippen LogP contribution in [0.3, 0.4) is 0 Å². The molecule has 0 fully saturated rings. The van der Waals surface area contributed by atoms with Crippen molar-refractivity contribution in [2.75, 3.05) is 13.7 Å². The summed E-state index contributed by atoms with van der Waals surface area (Å²) in [6, 6.07) is 14.8. The maximum atomic E-state index is 13.8. The van der Waals surface area contributed by atoms with Gasteiger partial charge in [-0.25, -0.2) is 9.97 Å². The van der Waals surface area contributed by atoms with Crippen LogP contribution < -0.4 is 15.0 Å². The molecule has 0 saturated carbocycles. The highest BCUT2D eigenvalue weighted by Gasteiger charge is 2.29. The Labute approximate surface area is 202 Å². The molecule has 5 aromatic rings. The summed E-state index contributed by atoms with van der Waals surface area (Å²) in [6.45, 7) is 0.378. The number of imidazole rings is 1. The second-order valence-corrected chi connectivity index (χ2v) is 8.12. The fourth-order valence-electron chi connectivity index (χ4n) is 3.90. The zero-order chi connectivity index (χ0) is 25.6. The molecule has 3 heterocycles. The normalized spacial score (nSPS) is 11.8. The van der Waals surface area contributed by atoms with E-state index < -0.39 is 18.3 Å². The van der Waals surface area contributed by atoms with Crippen molar-refractivity contribution in [1.82, 2.24) is 24.1 Å². The summed E-state index contributed by atoms with van der Waals surface area (Å²) in [5.41, 5.74) is 2.65. The van der Waals surface area contributed by atoms with Crippen molar-refractivity contribution in [3.05, 3.63) is 70.8 Å². The molecule has 11 heteroatoms. The van der Waals surface area contributed by atoms with E-state index in [0.717, 1.165) is 16.9 Å². The minimum Gasteiger partial charge on any atom is -0.497 e. The maximum Gasteiger partial charge on any atom is 0.422 e. The van der Waals surface area contributed by atoms with E-state index in [1.807, 2.05) is 30.7 Å². The number of benzene rings is 2. The van der Waals surface area contributed by atoms with E-state index in [1.165, 1.54) is 23.8 Å². The van der Waals surface area contributed by atoms with Gasteiger partial charge in [0.2, 0.25) is 5.88 Å². The quantitative estimate of drug-likeness (QED) is 0.355. The fourth-order valence-corrected chi connectivity index (χ4v) is 3.90. The Hall–Kier alpha value is -4.41. The molecule has 2 aromatic carbocycles. The Balaban J connectivity index is 1.74. The molecule has 0 bridgehead atoms. The lowest BCUT2D eigenvalue weighted by Crippen LogP contribution is -2.24. The molecule has 0 unspecified atom stereocenters. The van der Waals surface area contributed by atoms with Crippen LogP contribution in [0.25, 0.3) is 39.1 Å². The minimum absolute atomic E-state index is 0.0612. The molecular formula is C25H20F3N5O3. The third-order valence-electron chi connectivity index (χ3n) is 5.77. The van der Waals surface area contributed by atoms with Gasteiger partial charge in [0.1, 0.15) is 22.8 Å². The first-order chi connectivity index (χ1) is 17.1. The average Bonchev–Trinajstić information content (AvgIpc) is 3.14. The summed E-state index contributed by atoms with van der Waals surface area (Å²) in [4.78, 5) is 27.0. The molecule has 0 N–H and O–H groups in total. The number of hydrogen-bond donors (Lipinski definition) is 0. The fraction of sp³-hybridized carbons (Fsp3) is 0.200. The highest BCUT2D eigenvalue weighted by Crippen LogP contribution is 2.26. The van der Waals surface area contributed by atoms with Gasteiger partial charge in [0, 0.05) is 18.7 Å². The summed E-state index contributed by atoms with van der Waals surface area (Å²) >= 11 is 0. The number of pyridine rings is 1. The molecule has 36 heavy (non-hydrogen) atoms. The Morgan fingerprint density at radius 3 is 2.36 bits per heavy atom. The van der Waals surface area contributed by atoms with Crippen molar-refractivity contribution in [2.45, 2.75) is 13.1 Å². The first-order valence-corrected chi connectivity index (χ1v) is 10.9. The van der Waals surface area contributed by atoms with Crippen LogP contribution in [-0.4, -0.2) is 44.0 Å². The highest BCUT2D eigenvalue weighted by molar-refractivity contribution is 5.83. The molecule has 184 valence electrons. The van der Waals surface area contributed by atoms with Crippen molar-refractivity contribution in [3.63, 3.8) is 0 Å². The molecule has 0 aliphatic rings. The molecule has 0 aliphatic heterocycles. The molecule has 0 radical (unpaired) electrons. The Kier molecular flexibility index (Phi) is 5.62. The van der Waals surface area contributed by atoms with Crippen LogP contribution in [0.2, 0.25) is 0 Å². The molecular weight excluding hydrogens is 475 g/mol. The molecule has 8 nitrogen and oxygen atoms in total. The van der Waals surface area contributed by atoms with E-state index in [-0.39, 0.29) is 17.2 Å². The monoisotopic (exact) mass is 495 g/mol. The Bertz CT molecular complexity index is 1660. The van der Waals surface area contributed by atoms with Crippen LogP contribution >= 0.6 is 0 Å². The third-order valence-corrected chi connectivity index (χ3v) is 5.77. The maximum absolute atomic E-state index is 13.8. The number of aromatic nitrogens is 5. The standard InChI is InChI=1S/C25H20F3N5O3/c1-14-29-18-9-4-15(12-20(18)32(14)2)22-24(34)33(16-5-7-17(35-3)8-6-16)23-19(30-22)10-11-21(31-23)36-13-25(26,27)28/h4-12H,13H2,1-3H3. The van der Waals surface area contributed by atoms with Crippen LogP contribution in [0.1, 0.15) is 5.82 Å². The number of alkyl halides is 3. The van der Waals surface area contributed by atoms with Gasteiger partial charge >= 0.3 is 6.18 Å². The van der Waals surface area contributed by atoms with Gasteiger partial charge in [0.25, 0.3) is 5.56 Å². The van der Waals surface area contributed by atoms with Crippen LogP contribution in [0, 0.1) is 6.92 Å². The van der Waals surface area contributed by atoms with Crippen LogP contribution in [0.15, 0.2) is 59.4 Å². The van der Waals surface area contributed by atoms with Gasteiger partial charge in [-0.3, -0.25) is 9.36 Å². The molecule has 0 amide bonds. The van der Waals surface area contributed by atoms with E-state index in [9.17, 15) is 18.0 Å². The van der Waals surface area contributed by atoms with E-state index >= 15 is 0 Å². The molecule has 5 rings (SSSR count). The zero-order valence-corrected chi connectivity index (χ0v) is 19.5. The largest absolute Gasteiger partial charge is 0.497 e. The number of hydrogen-bond acceptors (Lipinski definition) is 6. The number of methoxy groups -OCH3 is 1. The van der Waals surface area contributed by atoms with E-state index in [4.69, 9.17) is 9.47 Å². The Morgan fingerprint density at radius 2 is 1.67 bits per heavy atom. The molecule has 0 atom stereocenters. The predicted octanol–water partition coefficient (Wildman–Crippen LogP) is 4.59. The zero-order valence-electron chi connectivity index (χ0n) is 19.5. The Morgan fingerprint density at radius 1 is 0.944 bits per heavy atom. The molecule has 0 saturated heterocycles. The van der Waals surface area contributed by atoms with Crippen molar-refractivity contribution in [1.29, 1.82) is 0 Å². The van der Waals surface area contributed by atoms with Crippen LogP contribution in [-0.2, 0) is 7.05 Å². The average molecular weight is 495 g/mol. The van der Waals surface area contributed by atoms with Crippen LogP contribution in [0.5, 0.6) is 11.6 Å². The topological polar surface area (TPSA) is 84.1 Å². The van der Waals surface area contributed by atoms with E-state index in [1.54, 1.807) is 30.3 Å². The summed E-state index contributed by atoms with van der Waals surface area (Å²) in [6.07, 6.45) is -4.53. The lowest BCUT2D eigenvalue weighted by molar-refractivity contribution is -0.154. The van der Waals surface area contributed by atoms with Gasteiger partial charge in [0.05, 0.1) is 23.8 Å². The summed E-state index contributed by atoms with van der Waals surface area (Å²) < 4.78 is 51.3. The lowest BCUT2D eigenvalue weighted by atomic mass is 10.1. The van der Waals surface area contributed by atoms with Gasteiger partial charge in [-0.2, -0.15) is 18.2 Å². The lowest BCUT2D eigenvalue weighted by Gasteiger charge is -2.14. The number of rotatable bonds is 5. The van der Waals surface area contributed by atoms with E-state index in [0.29, 0.717) is 22.5 Å². The van der Waals surface area contributed by atoms with E-state index in [2.05, 4.69) is 15.0 Å². The first kappa shape index (κ1) is 23.3. The summed E-state index contributed by atoms with van der Waals surface area (Å²) in [5, 5.41) is 0. The second-order valence-electron chi connectivity index (χ2n) is 8.12. The van der Waals surface area contributed by atoms with Gasteiger partial charge in [0.15, 0.2) is 12.3 Å². The molecule has 0 spiro atoms. The second kappa shape index (κ2) is 8.67. The number of aryl methyl sites for hydroxylation is 2. The minimum atomic E-state index is -4.53.